The van der Waals surface area contributed by atoms with Crippen LogP contribution >= 0.6 is 0 Å². The fourth-order valence-electron chi connectivity index (χ4n) is 3.62. The van der Waals surface area contributed by atoms with Gasteiger partial charge < -0.3 is 28.5 Å². The van der Waals surface area contributed by atoms with Gasteiger partial charge in [0.15, 0.2) is 0 Å². The van der Waals surface area contributed by atoms with E-state index in [-0.39, 0.29) is 25.2 Å². The molecule has 3 aromatic rings. The van der Waals surface area contributed by atoms with E-state index in [4.69, 9.17) is 23.4 Å². The number of hydrogen-bond acceptors (Lipinski definition) is 10. The summed E-state index contributed by atoms with van der Waals surface area (Å²) in [4.78, 5) is 49.7. The fourth-order valence-corrected chi connectivity index (χ4v) is 3.62. The number of ether oxygens (including phenoxy) is 4. The summed E-state index contributed by atoms with van der Waals surface area (Å²) in [5.41, 5.74) is -0.802. The molecule has 12 heteroatoms. The summed E-state index contributed by atoms with van der Waals surface area (Å²) in [5.74, 6) is 0.501. The van der Waals surface area contributed by atoms with Gasteiger partial charge in [-0.05, 0) is 19.1 Å². The maximum atomic E-state index is 12.1. The van der Waals surface area contributed by atoms with E-state index < -0.39 is 41.5 Å². The Kier molecular flexibility index (Phi) is 6.52. The van der Waals surface area contributed by atoms with Gasteiger partial charge in [-0.25, -0.2) is 14.4 Å². The molecule has 1 aliphatic rings. The third-order valence-corrected chi connectivity index (χ3v) is 5.41. The second-order valence-electron chi connectivity index (χ2n) is 7.71. The maximum absolute atomic E-state index is 12.1. The summed E-state index contributed by atoms with van der Waals surface area (Å²) in [5, 5.41) is 10.8. The van der Waals surface area contributed by atoms with Crippen LogP contribution in [0, 0.1) is 6.92 Å². The average Bonchev–Trinajstić information content (AvgIpc) is 3.17. The van der Waals surface area contributed by atoms with Crippen LogP contribution in [0.2, 0.25) is 0 Å². The lowest BCUT2D eigenvalue weighted by atomic mass is 10.1. The van der Waals surface area contributed by atoms with E-state index in [9.17, 15) is 24.3 Å². The molecule has 0 amide bonds. The molecule has 3 atom stereocenters. The predicted molar refractivity (Wildman–Crippen MR) is 116 cm³/mol. The molecule has 2 N–H and O–H groups in total. The van der Waals surface area contributed by atoms with E-state index in [1.54, 1.807) is 18.2 Å². The predicted octanol–water partition coefficient (Wildman–Crippen LogP) is 0.962. The van der Waals surface area contributed by atoms with E-state index in [0.717, 1.165) is 0 Å². The molecule has 34 heavy (non-hydrogen) atoms. The molecule has 3 heterocycles. The standard InChI is InChI=1S/C22H22N2O10/c1-11-8-24(21(28)23-20(11)27)18-7-15(25)17(33-18)10-32-22(29)31-9-12-5-19(26)34-16-6-13(30-2)3-4-14(12)16/h3-6,8,15,17-18,25H,7,9-10H2,1-2H3,(H,23,27,28)/t15-,17+,18+/m0/s1. The van der Waals surface area contributed by atoms with Gasteiger partial charge in [-0.1, -0.05) is 0 Å². The Morgan fingerprint density at radius 2 is 2.03 bits per heavy atom. The minimum atomic E-state index is -1.04. The monoisotopic (exact) mass is 474 g/mol. The van der Waals surface area contributed by atoms with Crippen molar-refractivity contribution in [3.63, 3.8) is 0 Å². The lowest BCUT2D eigenvalue weighted by molar-refractivity contribution is -0.0595. The molecule has 0 saturated carbocycles. The van der Waals surface area contributed by atoms with Crippen molar-refractivity contribution >= 4 is 17.1 Å². The normalized spacial score (nSPS) is 19.8. The largest absolute Gasteiger partial charge is 0.508 e. The first-order valence-electron chi connectivity index (χ1n) is 10.3. The fraction of sp³-hybridized carbons (Fsp3) is 0.364. The quantitative estimate of drug-likeness (QED) is 0.389. The second kappa shape index (κ2) is 9.53. The van der Waals surface area contributed by atoms with Gasteiger partial charge in [-0.15, -0.1) is 0 Å². The number of hydrogen-bond donors (Lipinski definition) is 2. The van der Waals surface area contributed by atoms with Crippen molar-refractivity contribution in [3.8, 4) is 5.75 Å². The maximum Gasteiger partial charge on any atom is 0.508 e. The SMILES string of the molecule is COc1ccc2c(COC(=O)OC[C@H]3O[C@@H](n4cc(C)c(=O)[nH]c4=O)C[C@@H]3O)cc(=O)oc2c1. The summed E-state index contributed by atoms with van der Waals surface area (Å²) in [7, 11) is 1.48. The summed E-state index contributed by atoms with van der Waals surface area (Å²) >= 11 is 0. The number of benzene rings is 1. The summed E-state index contributed by atoms with van der Waals surface area (Å²) in [6.45, 7) is 0.950. The van der Waals surface area contributed by atoms with Crippen LogP contribution in [0.4, 0.5) is 4.79 Å². The van der Waals surface area contributed by atoms with Crippen molar-refractivity contribution in [2.24, 2.45) is 0 Å². The zero-order chi connectivity index (χ0) is 24.4. The minimum absolute atomic E-state index is 0.0592. The number of aromatic nitrogens is 2. The third kappa shape index (κ3) is 4.87. The number of nitrogens with zero attached hydrogens (tertiary/aromatic N) is 1. The molecule has 0 aliphatic carbocycles. The van der Waals surface area contributed by atoms with Gasteiger partial charge in [-0.2, -0.15) is 0 Å². The highest BCUT2D eigenvalue weighted by molar-refractivity contribution is 5.81. The van der Waals surface area contributed by atoms with E-state index in [1.807, 2.05) is 0 Å². The molecule has 1 aliphatic heterocycles. The lowest BCUT2D eigenvalue weighted by Crippen LogP contribution is -2.33. The number of aryl methyl sites for hydroxylation is 1. The first-order valence-corrected chi connectivity index (χ1v) is 10.3. The Morgan fingerprint density at radius 3 is 2.79 bits per heavy atom. The highest BCUT2D eigenvalue weighted by Crippen LogP contribution is 2.28. The molecule has 1 fully saturated rings. The number of fused-ring (bicyclic) bond motifs is 1. The van der Waals surface area contributed by atoms with Crippen LogP contribution in [0.15, 0.2) is 49.3 Å². The molecule has 0 unspecified atom stereocenters. The van der Waals surface area contributed by atoms with Crippen molar-refractivity contribution in [1.82, 2.24) is 9.55 Å². The van der Waals surface area contributed by atoms with Crippen LogP contribution in [0.5, 0.6) is 5.75 Å². The van der Waals surface area contributed by atoms with Gasteiger partial charge >= 0.3 is 17.5 Å². The third-order valence-electron chi connectivity index (χ3n) is 5.41. The number of aliphatic hydroxyl groups is 1. The van der Waals surface area contributed by atoms with Gasteiger partial charge in [0, 0.05) is 41.3 Å². The van der Waals surface area contributed by atoms with Crippen LogP contribution in [0.1, 0.15) is 23.8 Å². The molecular formula is C22H22N2O10. The number of nitrogens with one attached hydrogen (secondary N) is 1. The van der Waals surface area contributed by atoms with Gasteiger partial charge in [0.25, 0.3) is 5.56 Å². The zero-order valence-corrected chi connectivity index (χ0v) is 18.3. The Balaban J connectivity index is 1.36. The first-order chi connectivity index (χ1) is 16.2. The van der Waals surface area contributed by atoms with Crippen molar-refractivity contribution < 1.29 is 33.3 Å². The molecule has 0 spiro atoms. The smallest absolute Gasteiger partial charge is 0.497 e. The van der Waals surface area contributed by atoms with Crippen LogP contribution < -0.4 is 21.6 Å². The van der Waals surface area contributed by atoms with Crippen LogP contribution in [0.3, 0.4) is 0 Å². The van der Waals surface area contributed by atoms with E-state index in [0.29, 0.717) is 22.3 Å². The molecule has 12 nitrogen and oxygen atoms in total. The van der Waals surface area contributed by atoms with Crippen molar-refractivity contribution in [1.29, 1.82) is 0 Å². The topological polar surface area (TPSA) is 159 Å². The number of carbonyl (C=O) groups excluding carboxylic acids is 1. The van der Waals surface area contributed by atoms with E-state index >= 15 is 0 Å². The Bertz CT molecular complexity index is 1390. The van der Waals surface area contributed by atoms with E-state index in [2.05, 4.69) is 4.98 Å². The summed E-state index contributed by atoms with van der Waals surface area (Å²) < 4.78 is 27.2. The number of aromatic amines is 1. The van der Waals surface area contributed by atoms with Gasteiger partial charge in [0.05, 0.1) is 13.2 Å². The first kappa shape index (κ1) is 23.3. The molecule has 1 aromatic carbocycles. The van der Waals surface area contributed by atoms with Crippen LogP contribution in [0.25, 0.3) is 11.0 Å². The number of aliphatic hydroxyl groups excluding tert-OH is 1. The molecule has 0 bridgehead atoms. The number of H-pyrrole nitrogens is 1. The number of methoxy groups -OCH3 is 1. The number of carbonyl (C=O) groups is 1. The van der Waals surface area contributed by atoms with Crippen LogP contribution in [-0.4, -0.2) is 46.7 Å². The Morgan fingerprint density at radius 1 is 1.24 bits per heavy atom. The highest BCUT2D eigenvalue weighted by Gasteiger charge is 2.36. The summed E-state index contributed by atoms with van der Waals surface area (Å²) in [6.07, 6.45) is -2.40. The highest BCUT2D eigenvalue weighted by atomic mass is 16.7. The Hall–Kier alpha value is -3.90. The molecule has 0 radical (unpaired) electrons. The molecule has 180 valence electrons. The molecule has 2 aromatic heterocycles. The lowest BCUT2D eigenvalue weighted by Gasteiger charge is -2.16. The Labute approximate surface area is 191 Å². The van der Waals surface area contributed by atoms with Gasteiger partial charge in [0.1, 0.15) is 36.9 Å². The van der Waals surface area contributed by atoms with Gasteiger partial charge in [0.2, 0.25) is 0 Å². The minimum Gasteiger partial charge on any atom is -0.497 e. The molecule has 1 saturated heterocycles. The number of rotatable bonds is 6. The molecule has 4 rings (SSSR count). The van der Waals surface area contributed by atoms with Crippen molar-refractivity contribution in [3.05, 3.63) is 72.8 Å². The van der Waals surface area contributed by atoms with Gasteiger partial charge in [-0.3, -0.25) is 14.3 Å². The molecular weight excluding hydrogens is 452 g/mol. The summed E-state index contributed by atoms with van der Waals surface area (Å²) in [6, 6.07) is 6.10. The zero-order valence-electron chi connectivity index (χ0n) is 18.3. The van der Waals surface area contributed by atoms with E-state index in [1.165, 1.54) is 30.9 Å². The average molecular weight is 474 g/mol. The van der Waals surface area contributed by atoms with Crippen molar-refractivity contribution in [2.75, 3.05) is 13.7 Å². The van der Waals surface area contributed by atoms with Crippen LogP contribution in [-0.2, 0) is 20.8 Å². The second-order valence-corrected chi connectivity index (χ2v) is 7.71. The van der Waals surface area contributed by atoms with Crippen molar-refractivity contribution in [2.45, 2.75) is 38.4 Å².